The molecule has 1 amide bonds. The van der Waals surface area contributed by atoms with Crippen molar-refractivity contribution in [3.05, 3.63) is 64.7 Å². The summed E-state index contributed by atoms with van der Waals surface area (Å²) in [5.74, 6) is -0.310. The molecule has 0 bridgehead atoms. The predicted octanol–water partition coefficient (Wildman–Crippen LogP) is 2.11. The molecule has 0 radical (unpaired) electrons. The maximum absolute atomic E-state index is 12.5. The van der Waals surface area contributed by atoms with Crippen LogP contribution in [-0.2, 0) is 16.6 Å². The van der Waals surface area contributed by atoms with Gasteiger partial charge in [0.15, 0.2) is 0 Å². The molecule has 6 nitrogen and oxygen atoms in total. The van der Waals surface area contributed by atoms with Crippen LogP contribution in [0.4, 0.5) is 0 Å². The van der Waals surface area contributed by atoms with Crippen molar-refractivity contribution in [2.24, 2.45) is 0 Å². The number of likely N-dealkylation sites (N-methyl/N-ethyl adjacent to an activating group) is 1. The highest BCUT2D eigenvalue weighted by Gasteiger charge is 2.16. The number of rotatable bonds is 8. The van der Waals surface area contributed by atoms with Crippen molar-refractivity contribution in [1.82, 2.24) is 14.9 Å². The van der Waals surface area contributed by atoms with Crippen molar-refractivity contribution in [3.8, 4) is 0 Å². The highest BCUT2D eigenvalue weighted by molar-refractivity contribution is 7.89. The molecule has 2 aromatic rings. The van der Waals surface area contributed by atoms with Gasteiger partial charge in [0.1, 0.15) is 0 Å². The Morgan fingerprint density at radius 3 is 2.54 bits per heavy atom. The minimum absolute atomic E-state index is 0.0322. The van der Waals surface area contributed by atoms with Crippen molar-refractivity contribution < 1.29 is 13.2 Å². The Morgan fingerprint density at radius 2 is 1.85 bits per heavy atom. The van der Waals surface area contributed by atoms with Gasteiger partial charge in [-0.25, -0.2) is 13.1 Å². The summed E-state index contributed by atoms with van der Waals surface area (Å²) in [6.07, 6.45) is 0. The molecule has 140 valence electrons. The van der Waals surface area contributed by atoms with Gasteiger partial charge in [-0.3, -0.25) is 4.79 Å². The third-order valence-corrected chi connectivity index (χ3v) is 5.43. The van der Waals surface area contributed by atoms with Crippen LogP contribution in [0.5, 0.6) is 0 Å². The first-order chi connectivity index (χ1) is 12.3. The lowest BCUT2D eigenvalue weighted by atomic mass is 10.2. The van der Waals surface area contributed by atoms with Gasteiger partial charge in [-0.2, -0.15) is 0 Å². The fourth-order valence-corrected chi connectivity index (χ4v) is 3.45. The van der Waals surface area contributed by atoms with Gasteiger partial charge in [-0.1, -0.05) is 35.9 Å². The fourth-order valence-electron chi connectivity index (χ4n) is 2.20. The minimum Gasteiger partial charge on any atom is -0.351 e. The second kappa shape index (κ2) is 9.14. The Balaban J connectivity index is 2.07. The molecular formula is C18H22ClN3O3S. The first-order valence-corrected chi connectivity index (χ1v) is 9.92. The summed E-state index contributed by atoms with van der Waals surface area (Å²) in [5, 5.41) is 3.25. The summed E-state index contributed by atoms with van der Waals surface area (Å²) >= 11 is 6.05. The van der Waals surface area contributed by atoms with Crippen LogP contribution >= 0.6 is 11.6 Å². The monoisotopic (exact) mass is 395 g/mol. The van der Waals surface area contributed by atoms with E-state index >= 15 is 0 Å². The van der Waals surface area contributed by atoms with Crippen molar-refractivity contribution >= 4 is 27.5 Å². The van der Waals surface area contributed by atoms with Crippen LogP contribution in [0.25, 0.3) is 0 Å². The number of hydrogen-bond donors (Lipinski definition) is 2. The lowest BCUT2D eigenvalue weighted by molar-refractivity contribution is 0.0951. The zero-order chi connectivity index (χ0) is 19.2. The van der Waals surface area contributed by atoms with Crippen LogP contribution in [0.15, 0.2) is 53.4 Å². The first kappa shape index (κ1) is 20.4. The van der Waals surface area contributed by atoms with Gasteiger partial charge < -0.3 is 10.2 Å². The summed E-state index contributed by atoms with van der Waals surface area (Å²) in [6.45, 7) is 1.25. The van der Waals surface area contributed by atoms with E-state index in [9.17, 15) is 13.2 Å². The highest BCUT2D eigenvalue weighted by atomic mass is 35.5. The molecule has 0 heterocycles. The second-order valence-electron chi connectivity index (χ2n) is 6.00. The normalized spacial score (nSPS) is 11.5. The average Bonchev–Trinajstić information content (AvgIpc) is 2.61. The lowest BCUT2D eigenvalue weighted by Crippen LogP contribution is -2.31. The molecule has 0 saturated carbocycles. The van der Waals surface area contributed by atoms with Crippen LogP contribution < -0.4 is 10.0 Å². The summed E-state index contributed by atoms with van der Waals surface area (Å²) in [5.41, 5.74) is 0.972. The Morgan fingerprint density at radius 1 is 1.12 bits per heavy atom. The van der Waals surface area contributed by atoms with E-state index in [1.807, 2.05) is 19.0 Å². The zero-order valence-electron chi connectivity index (χ0n) is 14.7. The number of carbonyl (C=O) groups is 1. The van der Waals surface area contributed by atoms with Gasteiger partial charge in [-0.05, 0) is 43.9 Å². The SMILES string of the molecule is CN(C)CCNC(=O)c1cccc(S(=O)(=O)NCc2ccccc2Cl)c1. The van der Waals surface area contributed by atoms with E-state index < -0.39 is 10.0 Å². The van der Waals surface area contributed by atoms with Crippen LogP contribution in [0.2, 0.25) is 5.02 Å². The van der Waals surface area contributed by atoms with E-state index in [1.54, 1.807) is 36.4 Å². The number of benzene rings is 2. The lowest BCUT2D eigenvalue weighted by Gasteiger charge is -2.11. The number of hydrogen-bond acceptors (Lipinski definition) is 4. The van der Waals surface area contributed by atoms with Crippen LogP contribution in [0.3, 0.4) is 0 Å². The van der Waals surface area contributed by atoms with Gasteiger partial charge in [0.2, 0.25) is 10.0 Å². The Kier molecular flexibility index (Phi) is 7.16. The van der Waals surface area contributed by atoms with Gasteiger partial charge in [0, 0.05) is 30.2 Å². The molecule has 0 aliphatic heterocycles. The molecule has 0 atom stereocenters. The van der Waals surface area contributed by atoms with Crippen molar-refractivity contribution in [2.75, 3.05) is 27.2 Å². The largest absolute Gasteiger partial charge is 0.351 e. The van der Waals surface area contributed by atoms with Gasteiger partial charge in [0.05, 0.1) is 4.90 Å². The summed E-state index contributed by atoms with van der Waals surface area (Å²) < 4.78 is 27.5. The van der Waals surface area contributed by atoms with Gasteiger partial charge >= 0.3 is 0 Å². The standard InChI is InChI=1S/C18H22ClN3O3S/c1-22(2)11-10-20-18(23)14-7-5-8-16(12-14)26(24,25)21-13-15-6-3-4-9-17(15)19/h3-9,12,21H,10-11,13H2,1-2H3,(H,20,23). The molecule has 0 spiro atoms. The molecular weight excluding hydrogens is 374 g/mol. The molecule has 0 aliphatic rings. The Hall–Kier alpha value is -1.93. The van der Waals surface area contributed by atoms with Crippen molar-refractivity contribution in [3.63, 3.8) is 0 Å². The molecule has 2 N–H and O–H groups in total. The molecule has 8 heteroatoms. The van der Waals surface area contributed by atoms with E-state index in [2.05, 4.69) is 10.0 Å². The van der Waals surface area contributed by atoms with Gasteiger partial charge in [-0.15, -0.1) is 0 Å². The van der Waals surface area contributed by atoms with Crippen LogP contribution in [0, 0.1) is 0 Å². The Bertz CT molecular complexity index is 869. The average molecular weight is 396 g/mol. The van der Waals surface area contributed by atoms with E-state index in [0.717, 1.165) is 0 Å². The van der Waals surface area contributed by atoms with E-state index in [4.69, 9.17) is 11.6 Å². The quantitative estimate of drug-likeness (QED) is 0.717. The molecule has 2 rings (SSSR count). The van der Waals surface area contributed by atoms with E-state index in [0.29, 0.717) is 29.2 Å². The smallest absolute Gasteiger partial charge is 0.251 e. The van der Waals surface area contributed by atoms with Gasteiger partial charge in [0.25, 0.3) is 5.91 Å². The maximum Gasteiger partial charge on any atom is 0.251 e. The molecule has 0 aromatic heterocycles. The number of nitrogens with zero attached hydrogens (tertiary/aromatic N) is 1. The third-order valence-electron chi connectivity index (χ3n) is 3.66. The number of halogens is 1. The summed E-state index contributed by atoms with van der Waals surface area (Å²) in [4.78, 5) is 14.1. The summed E-state index contributed by atoms with van der Waals surface area (Å²) in [6, 6.07) is 12.9. The number of sulfonamides is 1. The van der Waals surface area contributed by atoms with Crippen LogP contribution in [-0.4, -0.2) is 46.4 Å². The number of nitrogens with one attached hydrogen (secondary N) is 2. The molecule has 0 fully saturated rings. The summed E-state index contributed by atoms with van der Waals surface area (Å²) in [7, 11) is 0.0515. The molecule has 0 unspecified atom stereocenters. The van der Waals surface area contributed by atoms with E-state index in [1.165, 1.54) is 12.1 Å². The second-order valence-corrected chi connectivity index (χ2v) is 8.18. The highest BCUT2D eigenvalue weighted by Crippen LogP contribution is 2.16. The Labute approximate surface area is 159 Å². The fraction of sp³-hybridized carbons (Fsp3) is 0.278. The molecule has 0 saturated heterocycles. The zero-order valence-corrected chi connectivity index (χ0v) is 16.3. The maximum atomic E-state index is 12.5. The topological polar surface area (TPSA) is 78.5 Å². The molecule has 0 aliphatic carbocycles. The van der Waals surface area contributed by atoms with Crippen molar-refractivity contribution in [2.45, 2.75) is 11.4 Å². The predicted molar refractivity (Wildman–Crippen MR) is 103 cm³/mol. The molecule has 26 heavy (non-hydrogen) atoms. The number of amides is 1. The number of carbonyl (C=O) groups excluding carboxylic acids is 1. The van der Waals surface area contributed by atoms with E-state index in [-0.39, 0.29) is 17.3 Å². The minimum atomic E-state index is -3.76. The van der Waals surface area contributed by atoms with Crippen molar-refractivity contribution in [1.29, 1.82) is 0 Å². The van der Waals surface area contributed by atoms with Crippen LogP contribution in [0.1, 0.15) is 15.9 Å². The third kappa shape index (κ3) is 5.81. The first-order valence-electron chi connectivity index (χ1n) is 8.05. The molecule has 2 aromatic carbocycles.